The topological polar surface area (TPSA) is 46.2 Å². The number of aryl methyl sites for hydroxylation is 1. The van der Waals surface area contributed by atoms with Crippen LogP contribution in [0.15, 0.2) is 57.5 Å². The Kier molecular flexibility index (Phi) is 7.66. The second-order valence-electron chi connectivity index (χ2n) is 4.51. The fraction of sp³-hybridized carbons (Fsp3) is 0.125. The highest BCUT2D eigenvalue weighted by Crippen LogP contribution is 2.11. The molecule has 0 aliphatic heterocycles. The van der Waals surface area contributed by atoms with Crippen molar-refractivity contribution in [3.63, 3.8) is 0 Å². The van der Waals surface area contributed by atoms with Gasteiger partial charge in [-0.15, -0.1) is 4.13 Å². The van der Waals surface area contributed by atoms with Crippen molar-refractivity contribution in [3.8, 4) is 11.2 Å². The fourth-order valence-electron chi connectivity index (χ4n) is 1.65. The fourth-order valence-corrected chi connectivity index (χ4v) is 3.98. The Balaban J connectivity index is 1.82. The van der Waals surface area contributed by atoms with Gasteiger partial charge >= 0.3 is 0 Å². The molecule has 0 saturated carbocycles. The van der Waals surface area contributed by atoms with Gasteiger partial charge < -0.3 is 0 Å². The molecule has 23 heavy (non-hydrogen) atoms. The molecule has 0 aliphatic rings. The van der Waals surface area contributed by atoms with E-state index in [0.717, 1.165) is 20.1 Å². The Morgan fingerprint density at radius 3 is 2.09 bits per heavy atom. The Morgan fingerprint density at radius 1 is 0.913 bits per heavy atom. The van der Waals surface area contributed by atoms with Crippen LogP contribution >= 0.6 is 31.9 Å². The first kappa shape index (κ1) is 18.6. The van der Waals surface area contributed by atoms with Crippen LogP contribution in [0.1, 0.15) is 11.1 Å². The molecule has 1 N–H and O–H groups in total. The first-order valence-corrected chi connectivity index (χ1v) is 10.7. The van der Waals surface area contributed by atoms with Crippen LogP contribution in [0.3, 0.4) is 0 Å². The van der Waals surface area contributed by atoms with Crippen LogP contribution in [-0.4, -0.2) is 14.2 Å². The average molecular weight is 475 g/mol. The van der Waals surface area contributed by atoms with Gasteiger partial charge in [0.1, 0.15) is 11.0 Å². The van der Waals surface area contributed by atoms with E-state index in [1.54, 1.807) is 0 Å². The summed E-state index contributed by atoms with van der Waals surface area (Å²) in [4.78, 5) is 0. The minimum absolute atomic E-state index is 0.382. The molecule has 2 aromatic carbocycles. The Hall–Kier alpha value is -0.780. The van der Waals surface area contributed by atoms with E-state index in [2.05, 4.69) is 47.2 Å². The lowest BCUT2D eigenvalue weighted by Crippen LogP contribution is -2.22. The van der Waals surface area contributed by atoms with Crippen molar-refractivity contribution in [1.29, 1.82) is 0 Å². The zero-order valence-corrected chi connectivity index (χ0v) is 16.7. The summed E-state index contributed by atoms with van der Waals surface area (Å²) in [5.74, 6) is 3.17. The maximum Gasteiger partial charge on any atom is 0.183 e. The normalized spacial score (nSPS) is 13.0. The van der Waals surface area contributed by atoms with Crippen molar-refractivity contribution >= 4 is 53.8 Å². The highest BCUT2D eigenvalue weighted by molar-refractivity contribution is 9.10. The quantitative estimate of drug-likeness (QED) is 0.672. The van der Waals surface area contributed by atoms with Gasteiger partial charge in [-0.25, -0.2) is 8.42 Å². The van der Waals surface area contributed by atoms with Gasteiger partial charge in [-0.3, -0.25) is 0 Å². The van der Waals surface area contributed by atoms with E-state index in [0.29, 0.717) is 12.2 Å². The van der Waals surface area contributed by atoms with Gasteiger partial charge in [0.25, 0.3) is 0 Å². The molecule has 2 atom stereocenters. The molecular formula is C16H13Br2NO2S2. The molecule has 2 aromatic rings. The standard InChI is InChI=1S/C16H13Br2NO2S2/c17-15-5-1-13(2-6-15)9-11-22(20)19-23(21)12-10-14-3-7-16(18)8-4-14/h1-8,19H,9,11H2. The summed E-state index contributed by atoms with van der Waals surface area (Å²) in [5, 5.41) is 2.55. The van der Waals surface area contributed by atoms with Crippen molar-refractivity contribution in [1.82, 2.24) is 4.13 Å². The molecule has 7 heteroatoms. The molecule has 0 spiro atoms. The van der Waals surface area contributed by atoms with Crippen molar-refractivity contribution in [3.05, 3.63) is 68.6 Å². The molecule has 0 radical (unpaired) electrons. The third kappa shape index (κ3) is 7.10. The average Bonchev–Trinajstić information content (AvgIpc) is 2.54. The number of halogens is 2. The molecule has 0 aliphatic carbocycles. The van der Waals surface area contributed by atoms with Crippen LogP contribution in [0.5, 0.6) is 0 Å². The van der Waals surface area contributed by atoms with E-state index < -0.39 is 22.0 Å². The molecule has 3 nitrogen and oxygen atoms in total. The van der Waals surface area contributed by atoms with Crippen LogP contribution in [0.2, 0.25) is 0 Å². The van der Waals surface area contributed by atoms with E-state index in [1.165, 1.54) is 0 Å². The minimum atomic E-state index is -1.65. The molecule has 0 heterocycles. The Morgan fingerprint density at radius 2 is 1.48 bits per heavy atom. The first-order chi connectivity index (χ1) is 11.0. The summed E-state index contributed by atoms with van der Waals surface area (Å²) in [6, 6.07) is 15.2. The maximum absolute atomic E-state index is 11.9. The van der Waals surface area contributed by atoms with Crippen molar-refractivity contribution < 1.29 is 8.42 Å². The van der Waals surface area contributed by atoms with E-state index >= 15 is 0 Å². The van der Waals surface area contributed by atoms with Crippen molar-refractivity contribution in [2.45, 2.75) is 6.42 Å². The lowest BCUT2D eigenvalue weighted by atomic mass is 10.2. The Labute approximate surface area is 157 Å². The zero-order valence-electron chi connectivity index (χ0n) is 11.9. The molecule has 2 rings (SSSR count). The second kappa shape index (κ2) is 9.50. The van der Waals surface area contributed by atoms with Gasteiger partial charge in [-0.05, 0) is 48.4 Å². The Bertz CT molecular complexity index is 765. The highest BCUT2D eigenvalue weighted by Gasteiger charge is 2.04. The third-order valence-electron chi connectivity index (χ3n) is 2.79. The highest BCUT2D eigenvalue weighted by atomic mass is 79.9. The van der Waals surface area contributed by atoms with Crippen LogP contribution < -0.4 is 4.13 Å². The van der Waals surface area contributed by atoms with E-state index in [1.807, 2.05) is 48.5 Å². The predicted molar refractivity (Wildman–Crippen MR) is 103 cm³/mol. The predicted octanol–water partition coefficient (Wildman–Crippen LogP) is 3.68. The van der Waals surface area contributed by atoms with E-state index in [-0.39, 0.29) is 0 Å². The molecule has 120 valence electrons. The van der Waals surface area contributed by atoms with Gasteiger partial charge in [-0.2, -0.15) is 0 Å². The summed E-state index contributed by atoms with van der Waals surface area (Å²) in [6.45, 7) is 0. The molecule has 0 saturated heterocycles. The minimum Gasteiger partial charge on any atom is -0.242 e. The van der Waals surface area contributed by atoms with Gasteiger partial charge in [0, 0.05) is 25.5 Å². The largest absolute Gasteiger partial charge is 0.242 e. The lowest BCUT2D eigenvalue weighted by Gasteiger charge is -2.02. The van der Waals surface area contributed by atoms with Crippen LogP contribution in [0.4, 0.5) is 0 Å². The first-order valence-electron chi connectivity index (χ1n) is 6.61. The number of hydrogen-bond acceptors (Lipinski definition) is 2. The third-order valence-corrected chi connectivity index (χ3v) is 6.06. The smallest absolute Gasteiger partial charge is 0.183 e. The van der Waals surface area contributed by atoms with Gasteiger partial charge in [0.2, 0.25) is 0 Å². The molecule has 0 bridgehead atoms. The van der Waals surface area contributed by atoms with Crippen molar-refractivity contribution in [2.75, 3.05) is 5.75 Å². The molecule has 0 aromatic heterocycles. The van der Waals surface area contributed by atoms with Gasteiger partial charge in [0.05, 0.1) is 0 Å². The maximum atomic E-state index is 11.9. The monoisotopic (exact) mass is 473 g/mol. The number of nitrogens with one attached hydrogen (secondary N) is 1. The van der Waals surface area contributed by atoms with Crippen LogP contribution in [0.25, 0.3) is 0 Å². The zero-order chi connectivity index (χ0) is 16.7. The van der Waals surface area contributed by atoms with Crippen molar-refractivity contribution in [2.24, 2.45) is 0 Å². The summed E-state index contributed by atoms with van der Waals surface area (Å²) in [5.41, 5.74) is 1.83. The van der Waals surface area contributed by atoms with Gasteiger partial charge in [0.15, 0.2) is 11.0 Å². The summed E-state index contributed by atoms with van der Waals surface area (Å²) < 4.78 is 28.1. The van der Waals surface area contributed by atoms with Crippen LogP contribution in [-0.2, 0) is 28.4 Å². The van der Waals surface area contributed by atoms with E-state index in [9.17, 15) is 8.42 Å². The number of rotatable bonds is 5. The molecule has 0 fully saturated rings. The van der Waals surface area contributed by atoms with E-state index in [4.69, 9.17) is 0 Å². The number of hydrogen-bond donors (Lipinski definition) is 1. The summed E-state index contributed by atoms with van der Waals surface area (Å²) in [6.07, 6.45) is 0.643. The lowest BCUT2D eigenvalue weighted by molar-refractivity contribution is 0.674. The molecule has 2 unspecified atom stereocenters. The number of benzene rings is 2. The SMILES string of the molecule is O=S(C#Cc1ccc(Br)cc1)NS(=O)CCc1ccc(Br)cc1. The van der Waals surface area contributed by atoms with Crippen LogP contribution in [0, 0.1) is 11.2 Å². The molecular weight excluding hydrogens is 462 g/mol. The van der Waals surface area contributed by atoms with Gasteiger partial charge in [-0.1, -0.05) is 49.9 Å². The molecule has 0 amide bonds. The summed E-state index contributed by atoms with van der Waals surface area (Å²) >= 11 is 6.70. The second-order valence-corrected chi connectivity index (χ2v) is 8.85. The summed E-state index contributed by atoms with van der Waals surface area (Å²) in [7, 11) is -3.04.